The molecule has 1 unspecified atom stereocenters. The van der Waals surface area contributed by atoms with Gasteiger partial charge in [0.05, 0.1) is 0 Å². The van der Waals surface area contributed by atoms with Crippen molar-refractivity contribution in [2.45, 2.75) is 57.9 Å². The monoisotopic (exact) mass is 377 g/mol. The second kappa shape index (κ2) is 15.7. The Morgan fingerprint density at radius 2 is 1.50 bits per heavy atom. The quantitative estimate of drug-likeness (QED) is 0.258. The van der Waals surface area contributed by atoms with Crippen LogP contribution in [0.4, 0.5) is 4.79 Å². The lowest BCUT2D eigenvalue weighted by molar-refractivity contribution is -0.141. The number of unbranched alkanes of at least 4 members (excludes halogenated alkanes) is 2. The van der Waals surface area contributed by atoms with Crippen LogP contribution in [0, 0.1) is 0 Å². The molecule has 150 valence electrons. The SMILES string of the molecule is CCC(=O)NCCCCCC(=O)O.NC(=O)NC(CCC(=O)O)C(=O)O. The van der Waals surface area contributed by atoms with E-state index in [9.17, 15) is 24.0 Å². The topological polar surface area (TPSA) is 196 Å². The van der Waals surface area contributed by atoms with E-state index in [4.69, 9.17) is 15.3 Å². The zero-order valence-corrected chi connectivity index (χ0v) is 14.7. The predicted molar refractivity (Wildman–Crippen MR) is 90.4 cm³/mol. The second-order valence-electron chi connectivity index (χ2n) is 5.24. The van der Waals surface area contributed by atoms with Crippen LogP contribution in [0.15, 0.2) is 0 Å². The smallest absolute Gasteiger partial charge is 0.326 e. The van der Waals surface area contributed by atoms with Gasteiger partial charge in [0.2, 0.25) is 5.91 Å². The summed E-state index contributed by atoms with van der Waals surface area (Å²) in [7, 11) is 0. The fourth-order valence-electron chi connectivity index (χ4n) is 1.63. The third-order valence-corrected chi connectivity index (χ3v) is 2.97. The Morgan fingerprint density at radius 1 is 0.923 bits per heavy atom. The van der Waals surface area contributed by atoms with Crippen LogP contribution in [0.2, 0.25) is 0 Å². The normalized spacial score (nSPS) is 10.7. The van der Waals surface area contributed by atoms with Crippen LogP contribution in [0.3, 0.4) is 0 Å². The van der Waals surface area contributed by atoms with Gasteiger partial charge in [-0.05, 0) is 19.3 Å². The number of amides is 3. The van der Waals surface area contributed by atoms with Crippen LogP contribution < -0.4 is 16.4 Å². The van der Waals surface area contributed by atoms with Crippen molar-refractivity contribution in [3.8, 4) is 0 Å². The van der Waals surface area contributed by atoms with Crippen molar-refractivity contribution in [2.75, 3.05) is 6.54 Å². The number of hydrogen-bond donors (Lipinski definition) is 6. The maximum atomic E-state index is 10.7. The fraction of sp³-hybridized carbons (Fsp3) is 0.667. The van der Waals surface area contributed by atoms with Gasteiger partial charge >= 0.3 is 23.9 Å². The maximum Gasteiger partial charge on any atom is 0.326 e. The number of carbonyl (C=O) groups excluding carboxylic acids is 2. The van der Waals surface area contributed by atoms with Crippen LogP contribution in [0.1, 0.15) is 51.9 Å². The molecule has 0 radical (unpaired) electrons. The van der Waals surface area contributed by atoms with Gasteiger partial charge in [-0.25, -0.2) is 9.59 Å². The minimum atomic E-state index is -1.31. The Labute approximate surface area is 150 Å². The van der Waals surface area contributed by atoms with Gasteiger partial charge in [-0.3, -0.25) is 14.4 Å². The van der Waals surface area contributed by atoms with Crippen molar-refractivity contribution in [2.24, 2.45) is 5.73 Å². The lowest BCUT2D eigenvalue weighted by atomic mass is 10.1. The van der Waals surface area contributed by atoms with Crippen LogP contribution in [0.25, 0.3) is 0 Å². The molecule has 0 aliphatic heterocycles. The van der Waals surface area contributed by atoms with Crippen LogP contribution in [-0.4, -0.2) is 57.8 Å². The standard InChI is InChI=1S/C9H17NO3.C6H10N2O5/c1-2-8(11)10-7-5-3-4-6-9(12)13;7-6(13)8-3(5(11)12)1-2-4(9)10/h2-7H2,1H3,(H,10,11)(H,12,13);3H,1-2H2,(H,9,10)(H,11,12)(H3,7,8,13). The third kappa shape index (κ3) is 19.2. The molecular formula is C15H27N3O8. The lowest BCUT2D eigenvalue weighted by Crippen LogP contribution is -2.43. The first-order valence-corrected chi connectivity index (χ1v) is 8.09. The largest absolute Gasteiger partial charge is 0.481 e. The van der Waals surface area contributed by atoms with Crippen molar-refractivity contribution < 1.29 is 39.3 Å². The van der Waals surface area contributed by atoms with E-state index in [-0.39, 0.29) is 25.2 Å². The molecule has 0 rings (SSSR count). The highest BCUT2D eigenvalue weighted by Gasteiger charge is 2.19. The number of nitrogens with two attached hydrogens (primary N) is 1. The van der Waals surface area contributed by atoms with E-state index in [0.29, 0.717) is 19.4 Å². The molecule has 7 N–H and O–H groups in total. The molecule has 0 aromatic carbocycles. The Hall–Kier alpha value is -2.85. The summed E-state index contributed by atoms with van der Waals surface area (Å²) < 4.78 is 0. The molecule has 0 fully saturated rings. The molecule has 0 heterocycles. The first kappa shape index (κ1) is 25.4. The Bertz CT molecular complexity index is 482. The average molecular weight is 377 g/mol. The summed E-state index contributed by atoms with van der Waals surface area (Å²) in [6.07, 6.45) is 2.62. The van der Waals surface area contributed by atoms with Gasteiger partial charge in [0, 0.05) is 25.8 Å². The highest BCUT2D eigenvalue weighted by Crippen LogP contribution is 1.98. The molecule has 0 aromatic rings. The van der Waals surface area contributed by atoms with E-state index >= 15 is 0 Å². The first-order chi connectivity index (χ1) is 12.1. The summed E-state index contributed by atoms with van der Waals surface area (Å²) in [6.45, 7) is 2.46. The number of urea groups is 1. The van der Waals surface area contributed by atoms with E-state index in [2.05, 4.69) is 11.1 Å². The maximum absolute atomic E-state index is 10.7. The molecule has 0 bridgehead atoms. The fourth-order valence-corrected chi connectivity index (χ4v) is 1.63. The molecule has 0 aromatic heterocycles. The first-order valence-electron chi connectivity index (χ1n) is 8.09. The summed E-state index contributed by atoms with van der Waals surface area (Å²) >= 11 is 0. The third-order valence-electron chi connectivity index (χ3n) is 2.97. The van der Waals surface area contributed by atoms with Crippen molar-refractivity contribution in [3.05, 3.63) is 0 Å². The molecule has 1 atom stereocenters. The number of aliphatic carboxylic acids is 3. The molecule has 26 heavy (non-hydrogen) atoms. The predicted octanol–water partition coefficient (Wildman–Crippen LogP) is 0.130. The average Bonchev–Trinajstić information content (AvgIpc) is 2.54. The van der Waals surface area contributed by atoms with E-state index in [1.165, 1.54) is 0 Å². The van der Waals surface area contributed by atoms with Crippen molar-refractivity contribution in [1.29, 1.82) is 0 Å². The van der Waals surface area contributed by atoms with Gasteiger partial charge < -0.3 is 31.7 Å². The van der Waals surface area contributed by atoms with E-state index in [1.807, 2.05) is 5.32 Å². The molecule has 0 saturated carbocycles. The lowest BCUT2D eigenvalue weighted by Gasteiger charge is -2.10. The Kier molecular flexibility index (Phi) is 15.3. The number of nitrogens with one attached hydrogen (secondary N) is 2. The number of rotatable bonds is 12. The summed E-state index contributed by atoms with van der Waals surface area (Å²) in [5.41, 5.74) is 4.68. The van der Waals surface area contributed by atoms with Gasteiger partial charge in [-0.2, -0.15) is 0 Å². The molecule has 0 aliphatic rings. The van der Waals surface area contributed by atoms with Crippen molar-refractivity contribution >= 4 is 29.8 Å². The van der Waals surface area contributed by atoms with Crippen LogP contribution >= 0.6 is 0 Å². The second-order valence-corrected chi connectivity index (χ2v) is 5.24. The van der Waals surface area contributed by atoms with E-state index in [0.717, 1.165) is 12.8 Å². The Balaban J connectivity index is 0. The minimum absolute atomic E-state index is 0.0539. The molecule has 11 heteroatoms. The van der Waals surface area contributed by atoms with Crippen molar-refractivity contribution in [1.82, 2.24) is 10.6 Å². The molecule has 0 aliphatic carbocycles. The van der Waals surface area contributed by atoms with Crippen LogP contribution in [0.5, 0.6) is 0 Å². The highest BCUT2D eigenvalue weighted by atomic mass is 16.4. The van der Waals surface area contributed by atoms with E-state index in [1.54, 1.807) is 6.92 Å². The minimum Gasteiger partial charge on any atom is -0.481 e. The zero-order chi connectivity index (χ0) is 20.5. The van der Waals surface area contributed by atoms with Gasteiger partial charge in [0.1, 0.15) is 6.04 Å². The number of carboxylic acids is 3. The molecule has 3 amide bonds. The number of hydrogen-bond acceptors (Lipinski definition) is 5. The van der Waals surface area contributed by atoms with Gasteiger partial charge in [0.25, 0.3) is 0 Å². The van der Waals surface area contributed by atoms with Gasteiger partial charge in [-0.15, -0.1) is 0 Å². The van der Waals surface area contributed by atoms with Gasteiger partial charge in [0.15, 0.2) is 0 Å². The summed E-state index contributed by atoms with van der Waals surface area (Å²) in [4.78, 5) is 51.6. The molecule has 0 spiro atoms. The Morgan fingerprint density at radius 3 is 1.92 bits per heavy atom. The van der Waals surface area contributed by atoms with Crippen molar-refractivity contribution in [3.63, 3.8) is 0 Å². The highest BCUT2D eigenvalue weighted by molar-refractivity contribution is 5.82. The number of carbonyl (C=O) groups is 5. The molecular weight excluding hydrogens is 350 g/mol. The van der Waals surface area contributed by atoms with Crippen LogP contribution in [-0.2, 0) is 19.2 Å². The number of carboxylic acid groups (broad SMARTS) is 3. The van der Waals surface area contributed by atoms with Gasteiger partial charge in [-0.1, -0.05) is 13.3 Å². The van der Waals surface area contributed by atoms with E-state index < -0.39 is 30.0 Å². The summed E-state index contributed by atoms with van der Waals surface area (Å²) in [5.74, 6) is -3.13. The number of primary amides is 1. The summed E-state index contributed by atoms with van der Waals surface area (Å²) in [5, 5.41) is 29.7. The zero-order valence-electron chi connectivity index (χ0n) is 14.7. The summed E-state index contributed by atoms with van der Waals surface area (Å²) in [6, 6.07) is -2.23. The molecule has 11 nitrogen and oxygen atoms in total. The molecule has 0 saturated heterocycles.